The quantitative estimate of drug-likeness (QED) is 0.257. The molecule has 0 heterocycles. The molecule has 0 aromatic heterocycles. The van der Waals surface area contributed by atoms with Crippen molar-refractivity contribution in [3.63, 3.8) is 0 Å². The van der Waals surface area contributed by atoms with E-state index in [2.05, 4.69) is 5.92 Å². The van der Waals surface area contributed by atoms with Crippen molar-refractivity contribution in [3.05, 3.63) is 36.0 Å². The zero-order valence-corrected chi connectivity index (χ0v) is 6.45. The van der Waals surface area contributed by atoms with Gasteiger partial charge in [-0.15, -0.1) is 6.42 Å². The first kappa shape index (κ1) is 9.45. The van der Waals surface area contributed by atoms with E-state index in [0.717, 1.165) is 11.9 Å². The predicted molar refractivity (Wildman–Crippen MR) is 46.9 cm³/mol. The molecule has 0 fully saturated rings. The maximum absolute atomic E-state index is 9.79. The lowest BCUT2D eigenvalue weighted by atomic mass is 10.3. The lowest BCUT2D eigenvalue weighted by molar-refractivity contribution is -0.104. The van der Waals surface area contributed by atoms with Crippen molar-refractivity contribution in [1.29, 1.82) is 0 Å². The molecule has 0 aliphatic heterocycles. The van der Waals surface area contributed by atoms with Crippen LogP contribution < -0.4 is 0 Å². The molecule has 0 radical (unpaired) electrons. The molecule has 0 spiro atoms. The largest absolute Gasteiger partial charge is 0.299 e. The van der Waals surface area contributed by atoms with Gasteiger partial charge in [0.1, 0.15) is 6.29 Å². The van der Waals surface area contributed by atoms with Crippen molar-refractivity contribution in [1.82, 2.24) is 0 Å². The van der Waals surface area contributed by atoms with Crippen molar-refractivity contribution in [3.8, 4) is 12.3 Å². The molecule has 0 N–H and O–H groups in total. The number of carbonyl (C=O) groups is 1. The van der Waals surface area contributed by atoms with Gasteiger partial charge in [0, 0.05) is 0 Å². The number of hydrogen-bond donors (Lipinski definition) is 0. The van der Waals surface area contributed by atoms with Gasteiger partial charge in [-0.25, -0.2) is 0 Å². The fraction of sp³-hybridized carbons (Fsp3) is 0.100. The van der Waals surface area contributed by atoms with Crippen LogP contribution in [0.3, 0.4) is 0 Å². The minimum Gasteiger partial charge on any atom is -0.299 e. The van der Waals surface area contributed by atoms with Gasteiger partial charge in [0.05, 0.1) is 0 Å². The van der Waals surface area contributed by atoms with Crippen molar-refractivity contribution >= 4 is 6.29 Å². The third-order valence-corrected chi connectivity index (χ3v) is 0.986. The van der Waals surface area contributed by atoms with E-state index < -0.39 is 0 Å². The lowest BCUT2D eigenvalue weighted by Gasteiger charge is -1.79. The fourth-order valence-corrected chi connectivity index (χ4v) is 0.422. The summed E-state index contributed by atoms with van der Waals surface area (Å²) in [4.78, 5) is 9.79. The van der Waals surface area contributed by atoms with Gasteiger partial charge in [0.25, 0.3) is 0 Å². The Morgan fingerprint density at radius 2 is 1.91 bits per heavy atom. The van der Waals surface area contributed by atoms with Gasteiger partial charge in [0.2, 0.25) is 0 Å². The summed E-state index contributed by atoms with van der Waals surface area (Å²) in [6.45, 7) is 1.84. The molecule has 0 aliphatic rings. The molecule has 1 nitrogen and oxygen atoms in total. The van der Waals surface area contributed by atoms with E-state index in [0.29, 0.717) is 0 Å². The number of terminal acetylenes is 1. The number of allylic oxidation sites excluding steroid dienone is 6. The summed E-state index contributed by atoms with van der Waals surface area (Å²) in [5.41, 5.74) is 0.862. The zero-order chi connectivity index (χ0) is 8.53. The number of carbonyl (C=O) groups excluding carboxylic acids is 1. The van der Waals surface area contributed by atoms with Crippen molar-refractivity contribution < 1.29 is 4.79 Å². The Hall–Kier alpha value is -1.55. The second-order valence-corrected chi connectivity index (χ2v) is 1.90. The summed E-state index contributed by atoms with van der Waals surface area (Å²) in [6, 6.07) is 0. The molecular weight excluding hydrogens is 136 g/mol. The van der Waals surface area contributed by atoms with E-state index in [4.69, 9.17) is 6.42 Å². The summed E-state index contributed by atoms with van der Waals surface area (Å²) in [7, 11) is 0. The maximum Gasteiger partial charge on any atom is 0.142 e. The molecule has 1 heteroatoms. The predicted octanol–water partition coefficient (Wildman–Crippen LogP) is 1.88. The highest BCUT2D eigenvalue weighted by Gasteiger charge is 1.72. The second kappa shape index (κ2) is 6.57. The van der Waals surface area contributed by atoms with Crippen LogP contribution >= 0.6 is 0 Å². The normalized spacial score (nSPS) is 12.2. The first-order valence-electron chi connectivity index (χ1n) is 3.23. The van der Waals surface area contributed by atoms with Gasteiger partial charge in [-0.2, -0.15) is 0 Å². The third kappa shape index (κ3) is 6.33. The zero-order valence-electron chi connectivity index (χ0n) is 6.45. The number of rotatable bonds is 3. The molecule has 0 rings (SSSR count). The van der Waals surface area contributed by atoms with Crippen LogP contribution in [-0.4, -0.2) is 6.29 Å². The number of hydrogen-bond acceptors (Lipinski definition) is 1. The van der Waals surface area contributed by atoms with Crippen LogP contribution in [0.2, 0.25) is 0 Å². The van der Waals surface area contributed by atoms with Crippen molar-refractivity contribution in [2.45, 2.75) is 6.92 Å². The summed E-state index contributed by atoms with van der Waals surface area (Å²) >= 11 is 0. The van der Waals surface area contributed by atoms with E-state index in [9.17, 15) is 4.79 Å². The van der Waals surface area contributed by atoms with Crippen LogP contribution in [0.5, 0.6) is 0 Å². The number of aldehydes is 1. The molecule has 0 saturated carbocycles. The van der Waals surface area contributed by atoms with Gasteiger partial charge in [-0.05, 0) is 18.6 Å². The first-order chi connectivity index (χ1) is 5.31. The highest BCUT2D eigenvalue weighted by atomic mass is 16.1. The molecule has 0 unspecified atom stereocenters. The van der Waals surface area contributed by atoms with E-state index in [1.54, 1.807) is 24.3 Å². The van der Waals surface area contributed by atoms with Crippen LogP contribution in [0, 0.1) is 12.3 Å². The standard InChI is InChI=1S/C10H10O/c1-3-10(2)8-6-4-5-7-9-11/h1,4-9H,2H3/b6-4+,7-5+,10-8+. The Morgan fingerprint density at radius 3 is 2.45 bits per heavy atom. The second-order valence-electron chi connectivity index (χ2n) is 1.90. The Morgan fingerprint density at radius 1 is 1.27 bits per heavy atom. The van der Waals surface area contributed by atoms with Crippen LogP contribution in [0.15, 0.2) is 36.0 Å². The third-order valence-electron chi connectivity index (χ3n) is 0.986. The van der Waals surface area contributed by atoms with Gasteiger partial charge in [-0.1, -0.05) is 30.2 Å². The van der Waals surface area contributed by atoms with Gasteiger partial charge in [0.15, 0.2) is 0 Å². The Bertz CT molecular complexity index is 236. The SMILES string of the molecule is C#C/C(C)=C/C=C/C=C/C=O. The first-order valence-corrected chi connectivity index (χ1v) is 3.23. The molecule has 0 aliphatic carbocycles. The Kier molecular flexibility index (Phi) is 5.64. The average molecular weight is 146 g/mol. The van der Waals surface area contributed by atoms with Crippen LogP contribution in [-0.2, 0) is 4.79 Å². The lowest BCUT2D eigenvalue weighted by Crippen LogP contribution is -1.63. The van der Waals surface area contributed by atoms with Crippen molar-refractivity contribution in [2.24, 2.45) is 0 Å². The fourth-order valence-electron chi connectivity index (χ4n) is 0.422. The summed E-state index contributed by atoms with van der Waals surface area (Å²) in [5, 5.41) is 0. The summed E-state index contributed by atoms with van der Waals surface area (Å²) in [6.07, 6.45) is 14.2. The maximum atomic E-state index is 9.79. The average Bonchev–Trinajstić information content (AvgIpc) is 2.04. The van der Waals surface area contributed by atoms with Crippen molar-refractivity contribution in [2.75, 3.05) is 0 Å². The van der Waals surface area contributed by atoms with Crippen LogP contribution in [0.25, 0.3) is 0 Å². The monoisotopic (exact) mass is 146 g/mol. The van der Waals surface area contributed by atoms with Gasteiger partial charge in [-0.3, -0.25) is 4.79 Å². The Labute approximate surface area is 67.1 Å². The molecular formula is C10H10O. The summed E-state index contributed by atoms with van der Waals surface area (Å²) in [5.74, 6) is 2.47. The summed E-state index contributed by atoms with van der Waals surface area (Å²) < 4.78 is 0. The topological polar surface area (TPSA) is 17.1 Å². The Balaban J connectivity index is 3.88. The molecule has 0 amide bonds. The minimum absolute atomic E-state index is 0.724. The molecule has 0 atom stereocenters. The molecule has 0 aromatic carbocycles. The van der Waals surface area contributed by atoms with Crippen LogP contribution in [0.1, 0.15) is 6.92 Å². The molecule has 11 heavy (non-hydrogen) atoms. The molecule has 0 aromatic rings. The molecule has 0 saturated heterocycles. The van der Waals surface area contributed by atoms with Crippen LogP contribution in [0.4, 0.5) is 0 Å². The van der Waals surface area contributed by atoms with E-state index in [-0.39, 0.29) is 0 Å². The van der Waals surface area contributed by atoms with Gasteiger partial charge < -0.3 is 0 Å². The van der Waals surface area contributed by atoms with Gasteiger partial charge >= 0.3 is 0 Å². The smallest absolute Gasteiger partial charge is 0.142 e. The molecule has 56 valence electrons. The highest BCUT2D eigenvalue weighted by molar-refractivity contribution is 5.65. The van der Waals surface area contributed by atoms with E-state index in [1.807, 2.05) is 6.92 Å². The van der Waals surface area contributed by atoms with E-state index >= 15 is 0 Å². The van der Waals surface area contributed by atoms with E-state index in [1.165, 1.54) is 6.08 Å². The minimum atomic E-state index is 0.724. The molecule has 0 bridgehead atoms. The highest BCUT2D eigenvalue weighted by Crippen LogP contribution is 1.88.